The molecule has 0 aromatic carbocycles. The number of hydrogen-bond acceptors (Lipinski definition) is 5. The van der Waals surface area contributed by atoms with Crippen molar-refractivity contribution in [1.82, 2.24) is 9.97 Å². The van der Waals surface area contributed by atoms with Gasteiger partial charge in [-0.2, -0.15) is 0 Å². The van der Waals surface area contributed by atoms with Crippen molar-refractivity contribution in [2.24, 2.45) is 5.73 Å². The summed E-state index contributed by atoms with van der Waals surface area (Å²) in [7, 11) is 0. The van der Waals surface area contributed by atoms with Gasteiger partial charge in [0, 0.05) is 24.9 Å². The van der Waals surface area contributed by atoms with Crippen LogP contribution in [0.2, 0.25) is 0 Å². The summed E-state index contributed by atoms with van der Waals surface area (Å²) in [6.45, 7) is 4.23. The van der Waals surface area contributed by atoms with Crippen LogP contribution >= 0.6 is 11.3 Å². The molecule has 96 valence electrons. The maximum absolute atomic E-state index is 10.5. The number of hydrogen-bond donors (Lipinski definition) is 2. The molecular weight excluding hydrogens is 246 g/mol. The minimum Gasteiger partial charge on any atom is -0.387 e. The van der Waals surface area contributed by atoms with E-state index in [1.165, 1.54) is 11.3 Å². The van der Waals surface area contributed by atoms with Gasteiger partial charge in [0.1, 0.15) is 0 Å². The second-order valence-corrected chi connectivity index (χ2v) is 5.49. The van der Waals surface area contributed by atoms with Crippen LogP contribution in [0.4, 0.5) is 0 Å². The molecule has 0 amide bonds. The standard InChI is InChI=1S/C13H17N3OS/c1-8-13(18-9(2)16-8)12(17)11(6-14)10-4-3-5-15-7-10/h3-5,7,11-12,17H,6,14H2,1-2H3. The maximum atomic E-state index is 10.5. The number of aryl methyl sites for hydroxylation is 2. The van der Waals surface area contributed by atoms with Gasteiger partial charge in [-0.05, 0) is 25.5 Å². The average molecular weight is 263 g/mol. The minimum atomic E-state index is -0.620. The number of nitrogens with two attached hydrogens (primary N) is 1. The van der Waals surface area contributed by atoms with Crippen molar-refractivity contribution in [3.05, 3.63) is 45.7 Å². The Kier molecular flexibility index (Phi) is 4.06. The Labute approximate surface area is 111 Å². The van der Waals surface area contributed by atoms with Crippen molar-refractivity contribution in [1.29, 1.82) is 0 Å². The van der Waals surface area contributed by atoms with Crippen LogP contribution in [0, 0.1) is 13.8 Å². The highest BCUT2D eigenvalue weighted by Crippen LogP contribution is 2.34. The fraction of sp³-hybridized carbons (Fsp3) is 0.385. The Bertz CT molecular complexity index is 512. The molecule has 2 aromatic heterocycles. The van der Waals surface area contributed by atoms with Crippen molar-refractivity contribution in [2.75, 3.05) is 6.54 Å². The van der Waals surface area contributed by atoms with Gasteiger partial charge < -0.3 is 10.8 Å². The van der Waals surface area contributed by atoms with Crippen molar-refractivity contribution in [2.45, 2.75) is 25.9 Å². The Morgan fingerprint density at radius 1 is 1.44 bits per heavy atom. The van der Waals surface area contributed by atoms with Crippen LogP contribution < -0.4 is 5.73 Å². The molecule has 2 aromatic rings. The normalized spacial score (nSPS) is 14.4. The van der Waals surface area contributed by atoms with Crippen molar-refractivity contribution < 1.29 is 5.11 Å². The van der Waals surface area contributed by atoms with E-state index in [1.807, 2.05) is 26.0 Å². The summed E-state index contributed by atoms with van der Waals surface area (Å²) in [6.07, 6.45) is 2.85. The van der Waals surface area contributed by atoms with Gasteiger partial charge in [0.25, 0.3) is 0 Å². The van der Waals surface area contributed by atoms with Crippen LogP contribution in [0.5, 0.6) is 0 Å². The number of pyridine rings is 1. The van der Waals surface area contributed by atoms with E-state index in [0.717, 1.165) is 21.1 Å². The lowest BCUT2D eigenvalue weighted by atomic mass is 9.93. The van der Waals surface area contributed by atoms with Gasteiger partial charge in [0.2, 0.25) is 0 Å². The lowest BCUT2D eigenvalue weighted by molar-refractivity contribution is 0.150. The van der Waals surface area contributed by atoms with Gasteiger partial charge >= 0.3 is 0 Å². The highest BCUT2D eigenvalue weighted by molar-refractivity contribution is 7.11. The molecule has 2 rings (SSSR count). The first-order valence-corrected chi connectivity index (χ1v) is 6.67. The van der Waals surface area contributed by atoms with Gasteiger partial charge in [-0.3, -0.25) is 4.98 Å². The zero-order chi connectivity index (χ0) is 13.1. The molecule has 2 unspecified atom stereocenters. The molecule has 0 fully saturated rings. The second-order valence-electron chi connectivity index (χ2n) is 4.26. The topological polar surface area (TPSA) is 72.0 Å². The van der Waals surface area contributed by atoms with Crippen LogP contribution in [-0.4, -0.2) is 21.6 Å². The molecule has 2 atom stereocenters. The summed E-state index contributed by atoms with van der Waals surface area (Å²) in [5.74, 6) is -0.141. The lowest BCUT2D eigenvalue weighted by Crippen LogP contribution is -2.20. The molecule has 0 saturated carbocycles. The van der Waals surface area contributed by atoms with Gasteiger partial charge in [-0.15, -0.1) is 11.3 Å². The number of rotatable bonds is 4. The van der Waals surface area contributed by atoms with E-state index in [0.29, 0.717) is 6.54 Å². The Balaban J connectivity index is 2.31. The largest absolute Gasteiger partial charge is 0.387 e. The highest BCUT2D eigenvalue weighted by Gasteiger charge is 2.25. The molecule has 18 heavy (non-hydrogen) atoms. The monoisotopic (exact) mass is 263 g/mol. The Morgan fingerprint density at radius 3 is 2.72 bits per heavy atom. The quantitative estimate of drug-likeness (QED) is 0.884. The number of nitrogens with zero attached hydrogens (tertiary/aromatic N) is 2. The number of aliphatic hydroxyl groups excluding tert-OH is 1. The summed E-state index contributed by atoms with van der Waals surface area (Å²) in [6, 6.07) is 3.80. The van der Waals surface area contributed by atoms with Gasteiger partial charge in [0.05, 0.1) is 21.7 Å². The fourth-order valence-electron chi connectivity index (χ4n) is 2.05. The van der Waals surface area contributed by atoms with Crippen molar-refractivity contribution >= 4 is 11.3 Å². The van der Waals surface area contributed by atoms with E-state index in [9.17, 15) is 5.11 Å². The first-order valence-electron chi connectivity index (χ1n) is 5.85. The second kappa shape index (κ2) is 5.56. The first-order chi connectivity index (χ1) is 8.63. The van der Waals surface area contributed by atoms with E-state index >= 15 is 0 Å². The predicted molar refractivity (Wildman–Crippen MR) is 72.6 cm³/mol. The van der Waals surface area contributed by atoms with E-state index in [-0.39, 0.29) is 5.92 Å². The molecule has 0 saturated heterocycles. The molecule has 0 aliphatic heterocycles. The van der Waals surface area contributed by atoms with E-state index in [2.05, 4.69) is 9.97 Å². The smallest absolute Gasteiger partial charge is 0.0981 e. The van der Waals surface area contributed by atoms with Crippen LogP contribution in [0.1, 0.15) is 33.2 Å². The lowest BCUT2D eigenvalue weighted by Gasteiger charge is -2.20. The Morgan fingerprint density at radius 2 is 2.22 bits per heavy atom. The van der Waals surface area contributed by atoms with E-state index in [4.69, 9.17) is 5.73 Å². The number of aromatic nitrogens is 2. The van der Waals surface area contributed by atoms with E-state index < -0.39 is 6.10 Å². The minimum absolute atomic E-state index is 0.141. The average Bonchev–Trinajstić information content (AvgIpc) is 2.70. The third kappa shape index (κ3) is 2.58. The third-order valence-corrected chi connectivity index (χ3v) is 4.10. The SMILES string of the molecule is Cc1nc(C)c(C(O)C(CN)c2cccnc2)s1. The molecule has 2 heterocycles. The molecule has 0 bridgehead atoms. The van der Waals surface area contributed by atoms with Crippen LogP contribution in [0.15, 0.2) is 24.5 Å². The van der Waals surface area contributed by atoms with Gasteiger partial charge in [0.15, 0.2) is 0 Å². The molecule has 0 aliphatic rings. The fourth-order valence-corrected chi connectivity index (χ4v) is 3.03. The van der Waals surface area contributed by atoms with Crippen molar-refractivity contribution in [3.63, 3.8) is 0 Å². The summed E-state index contributed by atoms with van der Waals surface area (Å²) in [5.41, 5.74) is 7.63. The zero-order valence-corrected chi connectivity index (χ0v) is 11.3. The van der Waals surface area contributed by atoms with Crippen LogP contribution in [-0.2, 0) is 0 Å². The third-order valence-electron chi connectivity index (χ3n) is 2.96. The van der Waals surface area contributed by atoms with Gasteiger partial charge in [-0.1, -0.05) is 6.07 Å². The number of thiazole rings is 1. The summed E-state index contributed by atoms with van der Waals surface area (Å²) in [5, 5.41) is 11.5. The summed E-state index contributed by atoms with van der Waals surface area (Å²) < 4.78 is 0. The highest BCUT2D eigenvalue weighted by atomic mass is 32.1. The first kappa shape index (κ1) is 13.1. The molecule has 3 N–H and O–H groups in total. The molecule has 0 radical (unpaired) electrons. The van der Waals surface area contributed by atoms with Crippen molar-refractivity contribution in [3.8, 4) is 0 Å². The summed E-state index contributed by atoms with van der Waals surface area (Å²) in [4.78, 5) is 9.32. The van der Waals surface area contributed by atoms with Gasteiger partial charge in [-0.25, -0.2) is 4.98 Å². The zero-order valence-electron chi connectivity index (χ0n) is 10.5. The maximum Gasteiger partial charge on any atom is 0.0981 e. The van der Waals surface area contributed by atoms with Crippen LogP contribution in [0.25, 0.3) is 0 Å². The molecule has 4 nitrogen and oxygen atoms in total. The molecule has 0 spiro atoms. The molecule has 5 heteroatoms. The van der Waals surface area contributed by atoms with E-state index in [1.54, 1.807) is 12.4 Å². The summed E-state index contributed by atoms with van der Waals surface area (Å²) >= 11 is 1.52. The predicted octanol–water partition coefficient (Wildman–Crippen LogP) is 1.93. The molecule has 0 aliphatic carbocycles. The number of aliphatic hydroxyl groups is 1. The molecular formula is C13H17N3OS. The Hall–Kier alpha value is -1.30. The van der Waals surface area contributed by atoms with Crippen LogP contribution in [0.3, 0.4) is 0 Å².